The molecule has 2 nitrogen and oxygen atoms in total. The van der Waals surface area contributed by atoms with Gasteiger partial charge in [0.05, 0.1) is 5.03 Å². The van der Waals surface area contributed by atoms with Gasteiger partial charge in [0.1, 0.15) is 5.82 Å². The van der Waals surface area contributed by atoms with Gasteiger partial charge in [0.25, 0.3) is 0 Å². The van der Waals surface area contributed by atoms with E-state index in [1.54, 1.807) is 0 Å². The molecule has 0 radical (unpaired) electrons. The predicted octanol–water partition coefficient (Wildman–Crippen LogP) is 2.35. The van der Waals surface area contributed by atoms with E-state index in [2.05, 4.69) is 36.6 Å². The van der Waals surface area contributed by atoms with Crippen LogP contribution in [0.25, 0.3) is 0 Å². The lowest BCUT2D eigenvalue weighted by molar-refractivity contribution is 0.799. The fourth-order valence-corrected chi connectivity index (χ4v) is 2.31. The van der Waals surface area contributed by atoms with Gasteiger partial charge in [-0.15, -0.1) is 0 Å². The number of rotatable bonds is 2. The lowest BCUT2D eigenvalue weighted by Crippen LogP contribution is -1.94. The van der Waals surface area contributed by atoms with Crippen LogP contribution in [-0.2, 0) is 7.05 Å². The number of imidazole rings is 1. The summed E-state index contributed by atoms with van der Waals surface area (Å²) in [5, 5.41) is 1.30. The Balaban J connectivity index is 2.34. The van der Waals surface area contributed by atoms with Crippen LogP contribution in [0.3, 0.4) is 0 Å². The fourth-order valence-electron chi connectivity index (χ4n) is 1.47. The van der Waals surface area contributed by atoms with Crippen molar-refractivity contribution in [2.45, 2.75) is 23.8 Å². The lowest BCUT2D eigenvalue weighted by atomic mass is 10.4. The van der Waals surface area contributed by atoms with E-state index in [4.69, 9.17) is 4.98 Å². The largest absolute Gasteiger partial charge is 0.337 e. The van der Waals surface area contributed by atoms with Crippen molar-refractivity contribution < 1.29 is 0 Å². The minimum atomic E-state index is -0.642. The Bertz CT molecular complexity index is 318. The van der Waals surface area contributed by atoms with Crippen molar-refractivity contribution in [2.24, 2.45) is 7.05 Å². The third-order valence-electron chi connectivity index (χ3n) is 2.46. The topological polar surface area (TPSA) is 17.8 Å². The van der Waals surface area contributed by atoms with Crippen LogP contribution in [0, 0.1) is 0 Å². The van der Waals surface area contributed by atoms with Gasteiger partial charge >= 0.3 is 0 Å². The normalized spacial score (nSPS) is 19.1. The molecule has 0 saturated heterocycles. The number of hydrogen-bond donors (Lipinski definition) is 0. The first-order chi connectivity index (χ1) is 5.98. The molecule has 0 bridgehead atoms. The standard InChI is InChI=1S/C10H18N2S/c1-12-7-9(13(2,3)4)11-10(12)8-5-6-8/h7-8H,5-6H2,1-4H3. The Morgan fingerprint density at radius 2 is 2.00 bits per heavy atom. The van der Waals surface area contributed by atoms with Crippen LogP contribution < -0.4 is 0 Å². The SMILES string of the molecule is Cn1cc(S(C)(C)C)nc1C1CC1. The Labute approximate surface area is 81.7 Å². The van der Waals surface area contributed by atoms with E-state index < -0.39 is 10.0 Å². The maximum Gasteiger partial charge on any atom is 0.112 e. The summed E-state index contributed by atoms with van der Waals surface area (Å²) in [6.07, 6.45) is 11.8. The van der Waals surface area contributed by atoms with Gasteiger partial charge in [0.15, 0.2) is 0 Å². The number of hydrogen-bond acceptors (Lipinski definition) is 1. The molecule has 0 aliphatic heterocycles. The van der Waals surface area contributed by atoms with Gasteiger partial charge in [-0.25, -0.2) is 15.0 Å². The summed E-state index contributed by atoms with van der Waals surface area (Å²) in [4.78, 5) is 4.74. The number of aromatic nitrogens is 2. The first-order valence-electron chi connectivity index (χ1n) is 4.70. The number of aryl methyl sites for hydroxylation is 1. The Morgan fingerprint density at radius 1 is 1.38 bits per heavy atom. The van der Waals surface area contributed by atoms with E-state index >= 15 is 0 Å². The highest BCUT2D eigenvalue weighted by Gasteiger charge is 2.29. The molecule has 0 spiro atoms. The van der Waals surface area contributed by atoms with Crippen molar-refractivity contribution in [1.29, 1.82) is 0 Å². The van der Waals surface area contributed by atoms with Crippen molar-refractivity contribution in [2.75, 3.05) is 18.8 Å². The van der Waals surface area contributed by atoms with Crippen LogP contribution in [0.5, 0.6) is 0 Å². The molecule has 1 aliphatic carbocycles. The van der Waals surface area contributed by atoms with Gasteiger partial charge in [0.2, 0.25) is 0 Å². The zero-order valence-electron chi connectivity index (χ0n) is 8.87. The number of nitrogens with zero attached hydrogens (tertiary/aromatic N) is 2. The summed E-state index contributed by atoms with van der Waals surface area (Å²) in [6, 6.07) is 0. The minimum Gasteiger partial charge on any atom is -0.337 e. The molecule has 1 aromatic rings. The highest BCUT2D eigenvalue weighted by Crippen LogP contribution is 2.46. The molecule has 0 atom stereocenters. The highest BCUT2D eigenvalue weighted by molar-refractivity contribution is 8.32. The monoisotopic (exact) mass is 198 g/mol. The van der Waals surface area contributed by atoms with Crippen molar-refractivity contribution >= 4 is 10.0 Å². The van der Waals surface area contributed by atoms with Gasteiger partial charge in [-0.05, 0) is 31.6 Å². The van der Waals surface area contributed by atoms with Gasteiger partial charge in [-0.1, -0.05) is 0 Å². The highest BCUT2D eigenvalue weighted by atomic mass is 32.3. The van der Waals surface area contributed by atoms with E-state index in [9.17, 15) is 0 Å². The molecule has 1 fully saturated rings. The Morgan fingerprint density at radius 3 is 2.38 bits per heavy atom. The lowest BCUT2D eigenvalue weighted by Gasteiger charge is -2.21. The smallest absolute Gasteiger partial charge is 0.112 e. The summed E-state index contributed by atoms with van der Waals surface area (Å²) >= 11 is 0. The van der Waals surface area contributed by atoms with Crippen LogP contribution >= 0.6 is 10.0 Å². The van der Waals surface area contributed by atoms with Crippen LogP contribution in [0.2, 0.25) is 0 Å². The second-order valence-corrected chi connectivity index (χ2v) is 8.75. The van der Waals surface area contributed by atoms with E-state index in [0.29, 0.717) is 0 Å². The van der Waals surface area contributed by atoms with Gasteiger partial charge in [-0.3, -0.25) is 0 Å². The molecule has 1 heterocycles. The van der Waals surface area contributed by atoms with Crippen molar-refractivity contribution in [3.63, 3.8) is 0 Å². The fraction of sp³-hybridized carbons (Fsp3) is 0.700. The molecular weight excluding hydrogens is 180 g/mol. The summed E-state index contributed by atoms with van der Waals surface area (Å²) in [5.41, 5.74) is 0. The van der Waals surface area contributed by atoms with Crippen molar-refractivity contribution in [3.8, 4) is 0 Å². The third-order valence-corrected chi connectivity index (χ3v) is 3.91. The average Bonchev–Trinajstić information content (AvgIpc) is 2.73. The molecule has 1 aromatic heterocycles. The second-order valence-electron chi connectivity index (χ2n) is 4.66. The predicted molar refractivity (Wildman–Crippen MR) is 58.8 cm³/mol. The van der Waals surface area contributed by atoms with Crippen LogP contribution in [0.4, 0.5) is 0 Å². The minimum absolute atomic E-state index is 0.642. The van der Waals surface area contributed by atoms with Gasteiger partial charge in [-0.2, -0.15) is 0 Å². The quantitative estimate of drug-likeness (QED) is 0.713. The molecule has 0 unspecified atom stereocenters. The first kappa shape index (κ1) is 9.13. The Hall–Kier alpha value is -0.440. The van der Waals surface area contributed by atoms with E-state index in [1.165, 1.54) is 23.7 Å². The molecular formula is C10H18N2S. The first-order valence-corrected chi connectivity index (χ1v) is 7.56. The van der Waals surface area contributed by atoms with Gasteiger partial charge in [0, 0.05) is 19.2 Å². The molecule has 0 aromatic carbocycles. The zero-order valence-corrected chi connectivity index (χ0v) is 9.69. The molecule has 3 heteroatoms. The summed E-state index contributed by atoms with van der Waals surface area (Å²) < 4.78 is 2.21. The summed E-state index contributed by atoms with van der Waals surface area (Å²) in [7, 11) is 1.48. The third kappa shape index (κ3) is 1.75. The second kappa shape index (κ2) is 2.77. The molecule has 2 rings (SSSR count). The van der Waals surface area contributed by atoms with E-state index in [-0.39, 0.29) is 0 Å². The Kier molecular flexibility index (Phi) is 1.95. The molecule has 1 aliphatic rings. The van der Waals surface area contributed by atoms with Crippen molar-refractivity contribution in [1.82, 2.24) is 9.55 Å². The van der Waals surface area contributed by atoms with Crippen LogP contribution in [-0.4, -0.2) is 28.3 Å². The molecule has 1 saturated carbocycles. The molecule has 74 valence electrons. The van der Waals surface area contributed by atoms with E-state index in [0.717, 1.165) is 5.92 Å². The van der Waals surface area contributed by atoms with Crippen LogP contribution in [0.15, 0.2) is 11.2 Å². The molecule has 0 amide bonds. The molecule has 0 N–H and O–H groups in total. The van der Waals surface area contributed by atoms with Gasteiger partial charge < -0.3 is 4.57 Å². The van der Waals surface area contributed by atoms with Crippen molar-refractivity contribution in [3.05, 3.63) is 12.0 Å². The molecule has 13 heavy (non-hydrogen) atoms. The van der Waals surface area contributed by atoms with Crippen LogP contribution in [0.1, 0.15) is 24.6 Å². The summed E-state index contributed by atoms with van der Waals surface area (Å²) in [6.45, 7) is 0. The maximum atomic E-state index is 4.74. The zero-order chi connectivity index (χ0) is 9.64. The maximum absolute atomic E-state index is 4.74. The summed E-state index contributed by atoms with van der Waals surface area (Å²) in [5.74, 6) is 2.07. The average molecular weight is 198 g/mol. The van der Waals surface area contributed by atoms with E-state index in [1.807, 2.05) is 0 Å².